The van der Waals surface area contributed by atoms with E-state index < -0.39 is 5.97 Å². The lowest BCUT2D eigenvalue weighted by Crippen LogP contribution is -2.25. The molecule has 0 aromatic heterocycles. The first-order chi connectivity index (χ1) is 13.0. The number of carboxylic acid groups (broad SMARTS) is 1. The molecule has 0 spiro atoms. The zero-order valence-corrected chi connectivity index (χ0v) is 15.6. The van der Waals surface area contributed by atoms with Crippen molar-refractivity contribution in [1.29, 1.82) is 0 Å². The highest BCUT2D eigenvalue weighted by atomic mass is 35.5. The summed E-state index contributed by atoms with van der Waals surface area (Å²) in [6.07, 6.45) is 0.505. The van der Waals surface area contributed by atoms with Crippen molar-refractivity contribution in [3.8, 4) is 11.5 Å². The van der Waals surface area contributed by atoms with Gasteiger partial charge in [0.05, 0.1) is 11.4 Å². The summed E-state index contributed by atoms with van der Waals surface area (Å²) >= 11 is 6.01. The van der Waals surface area contributed by atoms with Crippen LogP contribution >= 0.6 is 11.6 Å². The highest BCUT2D eigenvalue weighted by molar-refractivity contribution is 6.32. The van der Waals surface area contributed by atoms with Crippen molar-refractivity contribution in [2.24, 2.45) is 0 Å². The Morgan fingerprint density at radius 2 is 1.67 bits per heavy atom. The molecule has 144 valence electrons. The molecule has 2 rings (SSSR count). The maximum absolute atomic E-state index is 11.4. The number of nitrogens with one attached hydrogen (secondary N) is 1. The Hall–Kier alpha value is -2.73. The van der Waals surface area contributed by atoms with Crippen LogP contribution in [0.1, 0.15) is 18.4 Å². The van der Waals surface area contributed by atoms with Crippen LogP contribution in [0.5, 0.6) is 11.5 Å². The molecule has 0 atom stereocenters. The van der Waals surface area contributed by atoms with Gasteiger partial charge in [0, 0.05) is 13.0 Å². The molecule has 0 saturated carbocycles. The zero-order valence-electron chi connectivity index (χ0n) is 14.8. The summed E-state index contributed by atoms with van der Waals surface area (Å²) in [7, 11) is 0. The van der Waals surface area contributed by atoms with E-state index in [9.17, 15) is 9.59 Å². The molecule has 2 aromatic carbocycles. The Kier molecular flexibility index (Phi) is 8.45. The number of halogens is 1. The van der Waals surface area contributed by atoms with Crippen LogP contribution in [-0.2, 0) is 16.0 Å². The van der Waals surface area contributed by atoms with Gasteiger partial charge >= 0.3 is 5.97 Å². The molecular formula is C20H22ClNO5. The molecule has 2 aromatic rings. The predicted octanol–water partition coefficient (Wildman–Crippen LogP) is 3.32. The van der Waals surface area contributed by atoms with Crippen LogP contribution in [0, 0.1) is 0 Å². The minimum Gasteiger partial charge on any atom is -0.490 e. The average molecular weight is 392 g/mol. The lowest BCUT2D eigenvalue weighted by atomic mass is 10.1. The van der Waals surface area contributed by atoms with Crippen LogP contribution in [0.25, 0.3) is 0 Å². The normalized spacial score (nSPS) is 10.3. The molecule has 7 heteroatoms. The molecule has 0 aliphatic heterocycles. The van der Waals surface area contributed by atoms with Crippen molar-refractivity contribution < 1.29 is 24.2 Å². The number of para-hydroxylation sites is 1. The van der Waals surface area contributed by atoms with Gasteiger partial charge in [-0.25, -0.2) is 0 Å². The average Bonchev–Trinajstić information content (AvgIpc) is 2.66. The van der Waals surface area contributed by atoms with Gasteiger partial charge in [-0.1, -0.05) is 35.9 Å². The topological polar surface area (TPSA) is 84.9 Å². The van der Waals surface area contributed by atoms with Crippen LogP contribution in [0.2, 0.25) is 5.02 Å². The Balaban J connectivity index is 1.64. The number of carboxylic acids is 1. The number of hydrogen-bond donors (Lipinski definition) is 2. The van der Waals surface area contributed by atoms with Crippen molar-refractivity contribution in [3.63, 3.8) is 0 Å². The van der Waals surface area contributed by atoms with Crippen LogP contribution in [0.15, 0.2) is 48.5 Å². The van der Waals surface area contributed by atoms with E-state index in [0.717, 1.165) is 11.3 Å². The van der Waals surface area contributed by atoms with Gasteiger partial charge < -0.3 is 19.9 Å². The molecule has 0 fully saturated rings. The van der Waals surface area contributed by atoms with Crippen LogP contribution in [-0.4, -0.2) is 36.7 Å². The van der Waals surface area contributed by atoms with Crippen molar-refractivity contribution in [2.45, 2.75) is 19.3 Å². The minimum atomic E-state index is -0.974. The third-order valence-corrected chi connectivity index (χ3v) is 3.98. The maximum atomic E-state index is 11.4. The van der Waals surface area contributed by atoms with E-state index in [2.05, 4.69) is 5.32 Å². The lowest BCUT2D eigenvalue weighted by molar-refractivity contribution is -0.138. The SMILES string of the molecule is O=C(O)CCC(=O)NCCc1ccc(OCCOc2ccccc2Cl)cc1. The fraction of sp³-hybridized carbons (Fsp3) is 0.300. The zero-order chi connectivity index (χ0) is 19.5. The number of amides is 1. The smallest absolute Gasteiger partial charge is 0.303 e. The fourth-order valence-electron chi connectivity index (χ4n) is 2.28. The van der Waals surface area contributed by atoms with E-state index in [4.69, 9.17) is 26.2 Å². The monoisotopic (exact) mass is 391 g/mol. The third-order valence-electron chi connectivity index (χ3n) is 3.67. The summed E-state index contributed by atoms with van der Waals surface area (Å²) in [4.78, 5) is 21.9. The highest BCUT2D eigenvalue weighted by Crippen LogP contribution is 2.23. The number of ether oxygens (including phenoxy) is 2. The molecule has 0 aliphatic carbocycles. The molecule has 0 heterocycles. The molecule has 1 amide bonds. The summed E-state index contributed by atoms with van der Waals surface area (Å²) in [5.41, 5.74) is 1.05. The van der Waals surface area contributed by atoms with Gasteiger partial charge in [0.1, 0.15) is 24.7 Å². The molecule has 6 nitrogen and oxygen atoms in total. The molecule has 0 saturated heterocycles. The summed E-state index contributed by atoms with van der Waals surface area (Å²) in [6, 6.07) is 14.8. The van der Waals surface area contributed by atoms with E-state index in [1.54, 1.807) is 12.1 Å². The fourth-order valence-corrected chi connectivity index (χ4v) is 2.47. The molecule has 0 bridgehead atoms. The first kappa shape index (κ1) is 20.6. The van der Waals surface area contributed by atoms with E-state index in [-0.39, 0.29) is 18.7 Å². The van der Waals surface area contributed by atoms with E-state index in [0.29, 0.717) is 37.0 Å². The van der Waals surface area contributed by atoms with Crippen molar-refractivity contribution in [1.82, 2.24) is 5.32 Å². The van der Waals surface area contributed by atoms with E-state index >= 15 is 0 Å². The highest BCUT2D eigenvalue weighted by Gasteiger charge is 2.05. The van der Waals surface area contributed by atoms with Crippen molar-refractivity contribution >= 4 is 23.5 Å². The molecule has 2 N–H and O–H groups in total. The van der Waals surface area contributed by atoms with Crippen LogP contribution in [0.3, 0.4) is 0 Å². The molecule has 0 unspecified atom stereocenters. The number of hydrogen-bond acceptors (Lipinski definition) is 4. The Morgan fingerprint density at radius 1 is 0.963 bits per heavy atom. The number of benzene rings is 2. The summed E-state index contributed by atoms with van der Waals surface area (Å²) in [6.45, 7) is 1.24. The number of carbonyl (C=O) groups excluding carboxylic acids is 1. The standard InChI is InChI=1S/C20H22ClNO5/c21-17-3-1-2-4-18(17)27-14-13-26-16-7-5-15(6-8-16)11-12-22-19(23)9-10-20(24)25/h1-8H,9-14H2,(H,22,23)(H,24,25). The number of rotatable bonds is 11. The molecular weight excluding hydrogens is 370 g/mol. The first-order valence-corrected chi connectivity index (χ1v) is 9.00. The van der Waals surface area contributed by atoms with Gasteiger partial charge in [-0.05, 0) is 36.2 Å². The van der Waals surface area contributed by atoms with Gasteiger partial charge in [-0.2, -0.15) is 0 Å². The van der Waals surface area contributed by atoms with Gasteiger partial charge in [0.25, 0.3) is 0 Å². The van der Waals surface area contributed by atoms with Gasteiger partial charge in [-0.15, -0.1) is 0 Å². The van der Waals surface area contributed by atoms with Gasteiger partial charge in [0.15, 0.2) is 0 Å². The second-order valence-electron chi connectivity index (χ2n) is 5.76. The Labute approximate surface area is 163 Å². The minimum absolute atomic E-state index is 0.00161. The van der Waals surface area contributed by atoms with E-state index in [1.165, 1.54) is 0 Å². The Morgan fingerprint density at radius 3 is 2.37 bits per heavy atom. The van der Waals surface area contributed by atoms with Crippen LogP contribution in [0.4, 0.5) is 0 Å². The van der Waals surface area contributed by atoms with Crippen LogP contribution < -0.4 is 14.8 Å². The van der Waals surface area contributed by atoms with E-state index in [1.807, 2.05) is 36.4 Å². The summed E-state index contributed by atoms with van der Waals surface area (Å²) < 4.78 is 11.2. The summed E-state index contributed by atoms with van der Waals surface area (Å²) in [5, 5.41) is 11.8. The number of carbonyl (C=O) groups is 2. The second kappa shape index (κ2) is 11.1. The molecule has 0 aliphatic rings. The first-order valence-electron chi connectivity index (χ1n) is 8.62. The van der Waals surface area contributed by atoms with Gasteiger partial charge in [-0.3, -0.25) is 9.59 Å². The lowest BCUT2D eigenvalue weighted by Gasteiger charge is -2.10. The second-order valence-corrected chi connectivity index (χ2v) is 6.17. The molecule has 27 heavy (non-hydrogen) atoms. The third kappa shape index (κ3) is 8.00. The van der Waals surface area contributed by atoms with Crippen molar-refractivity contribution in [2.75, 3.05) is 19.8 Å². The molecule has 0 radical (unpaired) electrons. The quantitative estimate of drug-likeness (QED) is 0.574. The van der Waals surface area contributed by atoms with Gasteiger partial charge in [0.2, 0.25) is 5.91 Å². The number of aliphatic carboxylic acids is 1. The van der Waals surface area contributed by atoms with Crippen molar-refractivity contribution in [3.05, 3.63) is 59.1 Å². The summed E-state index contributed by atoms with van der Waals surface area (Å²) in [5.74, 6) is 0.129. The predicted molar refractivity (Wildman–Crippen MR) is 102 cm³/mol. The largest absolute Gasteiger partial charge is 0.490 e. The maximum Gasteiger partial charge on any atom is 0.303 e. The Bertz CT molecular complexity index is 748.